The summed E-state index contributed by atoms with van der Waals surface area (Å²) in [5.74, 6) is -1.18. The second kappa shape index (κ2) is 8.65. The number of anilines is 1. The zero-order chi connectivity index (χ0) is 23.0. The molecule has 1 atom stereocenters. The molecule has 4 rings (SSSR count). The van der Waals surface area contributed by atoms with Crippen LogP contribution in [-0.4, -0.2) is 43.6 Å². The molecule has 32 heavy (non-hydrogen) atoms. The minimum absolute atomic E-state index is 0.111. The molecule has 1 heterocycles. The maximum absolute atomic E-state index is 13.2. The lowest BCUT2D eigenvalue weighted by molar-refractivity contribution is -0.139. The van der Waals surface area contributed by atoms with E-state index in [9.17, 15) is 22.8 Å². The zero-order valence-corrected chi connectivity index (χ0v) is 18.7. The Balaban J connectivity index is 1.56. The van der Waals surface area contributed by atoms with E-state index in [2.05, 4.69) is 0 Å². The normalized spacial score (nSPS) is 18.8. The quantitative estimate of drug-likeness (QED) is 0.615. The molecule has 0 bridgehead atoms. The monoisotopic (exact) mass is 475 g/mol. The second-order valence-corrected chi connectivity index (χ2v) is 10.0. The van der Waals surface area contributed by atoms with Crippen LogP contribution < -0.4 is 10.0 Å². The first-order valence-electron chi connectivity index (χ1n) is 10.2. The van der Waals surface area contributed by atoms with Crippen LogP contribution >= 0.6 is 11.6 Å². The Kier molecular flexibility index (Phi) is 6.07. The molecule has 2 aromatic carbocycles. The Hall–Kier alpha value is -2.75. The number of nitrogens with zero attached hydrogens (tertiary/aromatic N) is 2. The van der Waals surface area contributed by atoms with Crippen molar-refractivity contribution in [3.8, 4) is 0 Å². The van der Waals surface area contributed by atoms with Crippen LogP contribution in [0.2, 0.25) is 5.02 Å². The van der Waals surface area contributed by atoms with E-state index in [1.807, 2.05) is 18.2 Å². The summed E-state index contributed by atoms with van der Waals surface area (Å²) in [7, 11) is -3.90. The van der Waals surface area contributed by atoms with Crippen LogP contribution in [0.25, 0.3) is 0 Å². The Labute approximate surface area is 191 Å². The molecule has 168 valence electrons. The van der Waals surface area contributed by atoms with Crippen molar-refractivity contribution < 1.29 is 22.8 Å². The van der Waals surface area contributed by atoms with E-state index in [-0.39, 0.29) is 35.4 Å². The molecule has 0 spiro atoms. The topological polar surface area (TPSA) is 118 Å². The molecule has 8 nitrogen and oxygen atoms in total. The van der Waals surface area contributed by atoms with Gasteiger partial charge in [0.15, 0.2) is 0 Å². The van der Waals surface area contributed by atoms with Crippen molar-refractivity contribution in [3.63, 3.8) is 0 Å². The Bertz CT molecular complexity index is 1180. The van der Waals surface area contributed by atoms with Crippen molar-refractivity contribution in [1.82, 2.24) is 4.90 Å². The molecular formula is C22H22ClN3O5S. The highest BCUT2D eigenvalue weighted by Crippen LogP contribution is 2.34. The average molecular weight is 476 g/mol. The first-order chi connectivity index (χ1) is 15.1. The van der Waals surface area contributed by atoms with Gasteiger partial charge >= 0.3 is 0 Å². The SMILES string of the molecule is NS(=O)(=O)c1ccc(N2C(=O)CC(N(CCc3cccc(Cl)c3)C(=O)C3CC3)C2=O)cc1. The van der Waals surface area contributed by atoms with Gasteiger partial charge in [0.05, 0.1) is 17.0 Å². The standard InChI is InChI=1S/C22H22ClN3O5S/c23-16-3-1-2-14(12-16)10-11-25(21(28)15-4-5-15)19-13-20(27)26(22(19)29)17-6-8-18(9-7-17)32(24,30)31/h1-3,6-9,12,15,19H,4-5,10-11,13H2,(H2,24,30,31). The fraction of sp³-hybridized carbons (Fsp3) is 0.318. The van der Waals surface area contributed by atoms with Crippen LogP contribution in [0.1, 0.15) is 24.8 Å². The predicted molar refractivity (Wildman–Crippen MR) is 118 cm³/mol. The summed E-state index contributed by atoms with van der Waals surface area (Å²) in [6.07, 6.45) is 1.93. The maximum Gasteiger partial charge on any atom is 0.257 e. The lowest BCUT2D eigenvalue weighted by atomic mass is 10.1. The Morgan fingerprint density at radius 2 is 1.81 bits per heavy atom. The van der Waals surface area contributed by atoms with Crippen molar-refractivity contribution in [2.24, 2.45) is 11.1 Å². The Morgan fingerprint density at radius 3 is 2.41 bits per heavy atom. The molecule has 1 saturated heterocycles. The summed E-state index contributed by atoms with van der Waals surface area (Å²) < 4.78 is 22.9. The van der Waals surface area contributed by atoms with Crippen LogP contribution in [-0.2, 0) is 30.8 Å². The number of amides is 3. The number of imide groups is 1. The lowest BCUT2D eigenvalue weighted by Crippen LogP contribution is -2.47. The van der Waals surface area contributed by atoms with Crippen molar-refractivity contribution in [2.45, 2.75) is 36.6 Å². The van der Waals surface area contributed by atoms with Gasteiger partial charge in [-0.2, -0.15) is 0 Å². The van der Waals surface area contributed by atoms with Crippen molar-refractivity contribution in [3.05, 3.63) is 59.1 Å². The molecular weight excluding hydrogens is 454 g/mol. The van der Waals surface area contributed by atoms with Gasteiger partial charge in [-0.05, 0) is 61.2 Å². The molecule has 0 aromatic heterocycles. The van der Waals surface area contributed by atoms with Crippen LogP contribution in [0.4, 0.5) is 5.69 Å². The number of sulfonamides is 1. The largest absolute Gasteiger partial charge is 0.330 e. The molecule has 1 aliphatic carbocycles. The minimum Gasteiger partial charge on any atom is -0.330 e. The molecule has 0 radical (unpaired) electrons. The van der Waals surface area contributed by atoms with Gasteiger partial charge in [0.25, 0.3) is 5.91 Å². The zero-order valence-electron chi connectivity index (χ0n) is 17.1. The summed E-state index contributed by atoms with van der Waals surface area (Å²) in [5.41, 5.74) is 1.17. The maximum atomic E-state index is 13.2. The number of hydrogen-bond donors (Lipinski definition) is 1. The van der Waals surface area contributed by atoms with Crippen LogP contribution in [0.3, 0.4) is 0 Å². The summed E-state index contributed by atoms with van der Waals surface area (Å²) in [6.45, 7) is 0.289. The predicted octanol–water partition coefficient (Wildman–Crippen LogP) is 2.10. The van der Waals surface area contributed by atoms with Crippen LogP contribution in [0.15, 0.2) is 53.4 Å². The fourth-order valence-electron chi connectivity index (χ4n) is 3.84. The van der Waals surface area contributed by atoms with E-state index in [0.717, 1.165) is 23.3 Å². The van der Waals surface area contributed by atoms with Crippen molar-refractivity contribution in [1.29, 1.82) is 0 Å². The number of rotatable bonds is 7. The third-order valence-corrected chi connectivity index (χ3v) is 6.83. The van der Waals surface area contributed by atoms with Crippen molar-refractivity contribution in [2.75, 3.05) is 11.4 Å². The van der Waals surface area contributed by atoms with Crippen LogP contribution in [0.5, 0.6) is 0 Å². The number of carbonyl (C=O) groups excluding carboxylic acids is 3. The molecule has 2 aromatic rings. The number of hydrogen-bond acceptors (Lipinski definition) is 5. The second-order valence-electron chi connectivity index (χ2n) is 8.01. The number of halogens is 1. The third-order valence-electron chi connectivity index (χ3n) is 5.66. The van der Waals surface area contributed by atoms with Crippen LogP contribution in [0, 0.1) is 5.92 Å². The fourth-order valence-corrected chi connectivity index (χ4v) is 4.57. The molecule has 2 N–H and O–H groups in total. The summed E-state index contributed by atoms with van der Waals surface area (Å²) in [5, 5.41) is 5.69. The highest BCUT2D eigenvalue weighted by molar-refractivity contribution is 7.89. The van der Waals surface area contributed by atoms with Gasteiger partial charge in [-0.3, -0.25) is 14.4 Å². The summed E-state index contributed by atoms with van der Waals surface area (Å²) >= 11 is 6.05. The summed E-state index contributed by atoms with van der Waals surface area (Å²) in [6, 6.07) is 11.6. The van der Waals surface area contributed by atoms with Gasteiger partial charge in [-0.1, -0.05) is 23.7 Å². The molecule has 1 saturated carbocycles. The van der Waals surface area contributed by atoms with Gasteiger partial charge in [0, 0.05) is 17.5 Å². The molecule has 2 aliphatic rings. The number of nitrogens with two attached hydrogens (primary N) is 1. The lowest BCUT2D eigenvalue weighted by Gasteiger charge is -2.28. The van der Waals surface area contributed by atoms with E-state index in [4.69, 9.17) is 16.7 Å². The third kappa shape index (κ3) is 4.69. The number of primary sulfonamides is 1. The van der Waals surface area contributed by atoms with Gasteiger partial charge in [0.1, 0.15) is 6.04 Å². The van der Waals surface area contributed by atoms with E-state index in [1.54, 1.807) is 6.07 Å². The van der Waals surface area contributed by atoms with E-state index < -0.39 is 27.9 Å². The molecule has 10 heteroatoms. The molecule has 1 unspecified atom stereocenters. The minimum atomic E-state index is -3.90. The van der Waals surface area contributed by atoms with E-state index >= 15 is 0 Å². The van der Waals surface area contributed by atoms with E-state index in [1.165, 1.54) is 29.2 Å². The van der Waals surface area contributed by atoms with E-state index in [0.29, 0.717) is 11.4 Å². The molecule has 3 amide bonds. The smallest absolute Gasteiger partial charge is 0.257 e. The highest BCUT2D eigenvalue weighted by Gasteiger charge is 2.46. The summed E-state index contributed by atoms with van der Waals surface area (Å²) in [4.78, 5) is 41.3. The Morgan fingerprint density at radius 1 is 1.12 bits per heavy atom. The van der Waals surface area contributed by atoms with Gasteiger partial charge < -0.3 is 4.90 Å². The van der Waals surface area contributed by atoms with Gasteiger partial charge in [-0.25, -0.2) is 18.5 Å². The number of benzene rings is 2. The first-order valence-corrected chi connectivity index (χ1v) is 12.1. The first kappa shape index (κ1) is 22.4. The average Bonchev–Trinajstić information content (AvgIpc) is 3.54. The van der Waals surface area contributed by atoms with Crippen molar-refractivity contribution >= 4 is 45.0 Å². The number of carbonyl (C=O) groups is 3. The van der Waals surface area contributed by atoms with Gasteiger partial charge in [-0.15, -0.1) is 0 Å². The van der Waals surface area contributed by atoms with Gasteiger partial charge in [0.2, 0.25) is 21.8 Å². The molecule has 2 fully saturated rings. The molecule has 1 aliphatic heterocycles. The highest BCUT2D eigenvalue weighted by atomic mass is 35.5.